The Morgan fingerprint density at radius 3 is 1.20 bits per heavy atom. The van der Waals surface area contributed by atoms with Crippen molar-refractivity contribution in [2.75, 3.05) is 0 Å². The third-order valence-corrected chi connectivity index (χ3v) is 10.3. The molecule has 11 aromatic rings. The van der Waals surface area contributed by atoms with E-state index in [1.54, 1.807) is 0 Å². The van der Waals surface area contributed by atoms with Crippen LogP contribution in [0.25, 0.3) is 88.9 Å². The number of nitrogens with zero attached hydrogens (tertiary/aromatic N) is 8. The molecule has 4 heterocycles. The van der Waals surface area contributed by atoms with E-state index in [0.29, 0.717) is 0 Å². The Labute approximate surface area is 309 Å². The SMILES string of the molecule is c1ccc2c(c1)cnn2-c1cc(-c2ccc(-n3cnc4ccccc43)cc2)c(-n2ncc3ccccc32)cc1-c1ccc(-n2cnc3ccccc32)cc1. The van der Waals surface area contributed by atoms with E-state index in [1.807, 2.05) is 61.4 Å². The van der Waals surface area contributed by atoms with Crippen molar-refractivity contribution in [3.05, 3.63) is 183 Å². The van der Waals surface area contributed by atoms with Crippen LogP contribution in [-0.2, 0) is 0 Å². The Kier molecular flexibility index (Phi) is 6.69. The zero-order valence-corrected chi connectivity index (χ0v) is 28.9. The summed E-state index contributed by atoms with van der Waals surface area (Å²) in [5, 5.41) is 12.1. The van der Waals surface area contributed by atoms with Crippen LogP contribution in [0.3, 0.4) is 0 Å². The highest BCUT2D eigenvalue weighted by Crippen LogP contribution is 2.39. The summed E-state index contributed by atoms with van der Waals surface area (Å²) in [6.45, 7) is 0. The number of aromatic nitrogens is 8. The third-order valence-electron chi connectivity index (χ3n) is 10.3. The molecule has 0 N–H and O–H groups in total. The van der Waals surface area contributed by atoms with Crippen molar-refractivity contribution in [1.82, 2.24) is 38.7 Å². The second-order valence-electron chi connectivity index (χ2n) is 13.4. The molecular formula is C46H30N8. The number of hydrogen-bond acceptors (Lipinski definition) is 4. The number of hydrogen-bond donors (Lipinski definition) is 0. The molecule has 0 aliphatic heterocycles. The minimum Gasteiger partial charge on any atom is -0.299 e. The zero-order valence-electron chi connectivity index (χ0n) is 28.9. The molecule has 8 heteroatoms. The van der Waals surface area contributed by atoms with E-state index in [4.69, 9.17) is 10.2 Å². The van der Waals surface area contributed by atoms with Gasteiger partial charge >= 0.3 is 0 Å². The molecule has 0 aliphatic carbocycles. The van der Waals surface area contributed by atoms with Crippen molar-refractivity contribution < 1.29 is 0 Å². The summed E-state index contributed by atoms with van der Waals surface area (Å²) < 4.78 is 8.37. The van der Waals surface area contributed by atoms with E-state index in [9.17, 15) is 0 Å². The molecule has 0 aliphatic rings. The lowest BCUT2D eigenvalue weighted by atomic mass is 9.95. The second-order valence-corrected chi connectivity index (χ2v) is 13.4. The van der Waals surface area contributed by atoms with Gasteiger partial charge in [-0.15, -0.1) is 0 Å². The molecule has 0 amide bonds. The Hall–Kier alpha value is -7.58. The van der Waals surface area contributed by atoms with Gasteiger partial charge in [0, 0.05) is 33.3 Å². The van der Waals surface area contributed by atoms with Crippen LogP contribution in [0.4, 0.5) is 0 Å². The van der Waals surface area contributed by atoms with Crippen LogP contribution in [0.1, 0.15) is 0 Å². The molecule has 8 nitrogen and oxygen atoms in total. The summed E-state index contributed by atoms with van der Waals surface area (Å²) >= 11 is 0. The molecule has 0 saturated carbocycles. The lowest BCUT2D eigenvalue weighted by Crippen LogP contribution is -2.05. The van der Waals surface area contributed by atoms with E-state index in [2.05, 4.69) is 150 Å². The summed E-state index contributed by atoms with van der Waals surface area (Å²) in [7, 11) is 0. The molecule has 0 unspecified atom stereocenters. The quantitative estimate of drug-likeness (QED) is 0.174. The van der Waals surface area contributed by atoms with Gasteiger partial charge in [0.1, 0.15) is 12.7 Å². The molecular weight excluding hydrogens is 665 g/mol. The van der Waals surface area contributed by atoms with Gasteiger partial charge in [-0.2, -0.15) is 10.2 Å². The average molecular weight is 695 g/mol. The van der Waals surface area contributed by atoms with Crippen molar-refractivity contribution in [1.29, 1.82) is 0 Å². The first kappa shape index (κ1) is 30.1. The molecule has 0 radical (unpaired) electrons. The number of imidazole rings is 2. The summed E-state index contributed by atoms with van der Waals surface area (Å²) in [5.74, 6) is 0. The molecule has 7 aromatic carbocycles. The van der Waals surface area contributed by atoms with Crippen LogP contribution >= 0.6 is 0 Å². The maximum absolute atomic E-state index is 4.97. The first-order chi connectivity index (χ1) is 26.8. The molecule has 0 saturated heterocycles. The standard InChI is InChI=1S/C46H30N8/c1-5-13-41-33(9-1)27-49-53(41)45-25-38(32-19-23-36(24-20-32)52-30-48-40-12-4-8-16-44(40)52)46(54-42-14-6-2-10-34(42)28-50-54)26-37(45)31-17-21-35(22-18-31)51-29-47-39-11-3-7-15-43(39)51/h1-30H. The predicted molar refractivity (Wildman–Crippen MR) is 216 cm³/mol. The van der Waals surface area contributed by atoms with E-state index in [-0.39, 0.29) is 0 Å². The molecule has 11 rings (SSSR count). The topological polar surface area (TPSA) is 71.3 Å². The van der Waals surface area contributed by atoms with Crippen LogP contribution in [0.5, 0.6) is 0 Å². The third kappa shape index (κ3) is 4.78. The maximum atomic E-state index is 4.97. The van der Waals surface area contributed by atoms with Crippen molar-refractivity contribution >= 4 is 43.9 Å². The Morgan fingerprint density at radius 1 is 0.370 bits per heavy atom. The minimum atomic E-state index is 0.965. The van der Waals surface area contributed by atoms with Crippen LogP contribution in [0, 0.1) is 0 Å². The van der Waals surface area contributed by atoms with Crippen molar-refractivity contribution in [3.63, 3.8) is 0 Å². The lowest BCUT2D eigenvalue weighted by Gasteiger charge is -2.19. The van der Waals surface area contributed by atoms with Gasteiger partial charge in [0.15, 0.2) is 0 Å². The predicted octanol–water partition coefficient (Wildman–Crippen LogP) is 10.4. The van der Waals surface area contributed by atoms with Gasteiger partial charge in [-0.05, 0) is 83.9 Å². The zero-order chi connectivity index (χ0) is 35.6. The molecule has 0 fully saturated rings. The lowest BCUT2D eigenvalue weighted by molar-refractivity contribution is 0.897. The highest BCUT2D eigenvalue weighted by molar-refractivity contribution is 5.90. The Morgan fingerprint density at radius 2 is 0.759 bits per heavy atom. The maximum Gasteiger partial charge on any atom is 0.100 e. The van der Waals surface area contributed by atoms with Crippen LogP contribution in [0.15, 0.2) is 183 Å². The van der Waals surface area contributed by atoms with E-state index in [1.165, 1.54) is 0 Å². The van der Waals surface area contributed by atoms with Crippen LogP contribution in [0.2, 0.25) is 0 Å². The smallest absolute Gasteiger partial charge is 0.100 e. The van der Waals surface area contributed by atoms with Gasteiger partial charge < -0.3 is 0 Å². The summed E-state index contributed by atoms with van der Waals surface area (Å²) in [4.78, 5) is 9.25. The highest BCUT2D eigenvalue weighted by atomic mass is 15.3. The molecule has 4 aromatic heterocycles. The van der Waals surface area contributed by atoms with Crippen molar-refractivity contribution in [2.45, 2.75) is 0 Å². The largest absolute Gasteiger partial charge is 0.299 e. The highest BCUT2D eigenvalue weighted by Gasteiger charge is 2.20. The van der Waals surface area contributed by atoms with Gasteiger partial charge in [0.25, 0.3) is 0 Å². The van der Waals surface area contributed by atoms with Gasteiger partial charge in [-0.1, -0.05) is 84.9 Å². The van der Waals surface area contributed by atoms with Gasteiger partial charge in [-0.3, -0.25) is 9.13 Å². The first-order valence-corrected chi connectivity index (χ1v) is 17.9. The molecule has 0 atom stereocenters. The van der Waals surface area contributed by atoms with E-state index in [0.717, 1.165) is 88.9 Å². The van der Waals surface area contributed by atoms with Gasteiger partial charge in [0.05, 0.1) is 56.9 Å². The van der Waals surface area contributed by atoms with Gasteiger partial charge in [0.2, 0.25) is 0 Å². The summed E-state index contributed by atoms with van der Waals surface area (Å²) in [6, 6.07) is 55.0. The van der Waals surface area contributed by atoms with Crippen LogP contribution < -0.4 is 0 Å². The van der Waals surface area contributed by atoms with Crippen molar-refractivity contribution in [3.8, 4) is 45.0 Å². The number of benzene rings is 7. The number of para-hydroxylation sites is 6. The van der Waals surface area contributed by atoms with E-state index >= 15 is 0 Å². The monoisotopic (exact) mass is 694 g/mol. The minimum absolute atomic E-state index is 0.965. The fourth-order valence-electron chi connectivity index (χ4n) is 7.65. The summed E-state index contributed by atoms with van der Waals surface area (Å²) in [6.07, 6.45) is 7.64. The van der Waals surface area contributed by atoms with E-state index < -0.39 is 0 Å². The molecule has 54 heavy (non-hydrogen) atoms. The Balaban J connectivity index is 1.13. The number of fused-ring (bicyclic) bond motifs is 4. The Bertz CT molecular complexity index is 2940. The average Bonchev–Trinajstić information content (AvgIpc) is 4.05. The van der Waals surface area contributed by atoms with Crippen LogP contribution in [-0.4, -0.2) is 38.7 Å². The summed E-state index contributed by atoms with van der Waals surface area (Å²) in [5.41, 5.74) is 14.3. The fraction of sp³-hybridized carbons (Fsp3) is 0. The molecule has 0 spiro atoms. The second kappa shape index (κ2) is 12.0. The molecule has 0 bridgehead atoms. The molecule has 254 valence electrons. The van der Waals surface area contributed by atoms with Gasteiger partial charge in [-0.25, -0.2) is 19.3 Å². The van der Waals surface area contributed by atoms with Crippen molar-refractivity contribution in [2.24, 2.45) is 0 Å². The normalized spacial score (nSPS) is 11.7. The first-order valence-electron chi connectivity index (χ1n) is 17.9. The number of rotatable bonds is 6. The fourth-order valence-corrected chi connectivity index (χ4v) is 7.65.